The molecule has 1 aromatic rings. The third kappa shape index (κ3) is 3.63. The van der Waals surface area contributed by atoms with E-state index in [9.17, 15) is 4.79 Å². The maximum atomic E-state index is 10.7. The summed E-state index contributed by atoms with van der Waals surface area (Å²) in [5.41, 5.74) is 0.702. The lowest BCUT2D eigenvalue weighted by molar-refractivity contribution is 0.0659. The summed E-state index contributed by atoms with van der Waals surface area (Å²) in [6.45, 7) is 3.91. The Balaban J connectivity index is 2.48. The van der Waals surface area contributed by atoms with Gasteiger partial charge in [0, 0.05) is 5.56 Å². The van der Waals surface area contributed by atoms with Crippen molar-refractivity contribution in [2.75, 3.05) is 5.75 Å². The highest BCUT2D eigenvalue weighted by Gasteiger charge is 2.13. The van der Waals surface area contributed by atoms with E-state index in [1.165, 1.54) is 12.8 Å². The highest BCUT2D eigenvalue weighted by molar-refractivity contribution is 7.98. The van der Waals surface area contributed by atoms with Crippen LogP contribution < -0.4 is 0 Å². The second-order valence-corrected chi connectivity index (χ2v) is 4.54. The number of furan rings is 1. The Bertz CT molecular complexity index is 331. The first-order chi connectivity index (χ1) is 7.15. The van der Waals surface area contributed by atoms with Crippen LogP contribution >= 0.6 is 11.8 Å². The fourth-order valence-corrected chi connectivity index (χ4v) is 2.23. The first kappa shape index (κ1) is 12.2. The van der Waals surface area contributed by atoms with Gasteiger partial charge >= 0.3 is 5.97 Å². The Labute approximate surface area is 93.9 Å². The van der Waals surface area contributed by atoms with Crippen molar-refractivity contribution < 1.29 is 14.3 Å². The number of unbranched alkanes of at least 4 members (excludes halogenated alkanes) is 1. The quantitative estimate of drug-likeness (QED) is 0.759. The Morgan fingerprint density at radius 3 is 2.87 bits per heavy atom. The maximum absolute atomic E-state index is 10.7. The van der Waals surface area contributed by atoms with Crippen LogP contribution in [0.5, 0.6) is 0 Å². The van der Waals surface area contributed by atoms with Gasteiger partial charge in [0.1, 0.15) is 5.76 Å². The first-order valence-electron chi connectivity index (χ1n) is 5.05. The molecule has 1 N–H and O–H groups in total. The minimum absolute atomic E-state index is 0.0705. The van der Waals surface area contributed by atoms with Crippen LogP contribution in [0.2, 0.25) is 0 Å². The van der Waals surface area contributed by atoms with Crippen LogP contribution in [0.15, 0.2) is 10.5 Å². The summed E-state index contributed by atoms with van der Waals surface area (Å²) >= 11 is 1.78. The standard InChI is InChI=1S/C11H16O3S/c1-3-4-5-15-7-9-6-8(2)10(14-9)11(12)13/h6H,3-5,7H2,1-2H3,(H,12,13). The fraction of sp³-hybridized carbons (Fsp3) is 0.545. The summed E-state index contributed by atoms with van der Waals surface area (Å²) in [6.07, 6.45) is 2.38. The van der Waals surface area contributed by atoms with E-state index >= 15 is 0 Å². The fourth-order valence-electron chi connectivity index (χ4n) is 1.25. The molecule has 0 amide bonds. The zero-order valence-electron chi connectivity index (χ0n) is 9.08. The molecule has 3 nitrogen and oxygen atoms in total. The molecule has 4 heteroatoms. The molecule has 0 aliphatic rings. The van der Waals surface area contributed by atoms with Crippen LogP contribution in [0.1, 0.15) is 41.6 Å². The SMILES string of the molecule is CCCCSCc1cc(C)c(C(=O)O)o1. The predicted molar refractivity (Wildman–Crippen MR) is 61.5 cm³/mol. The van der Waals surface area contributed by atoms with Gasteiger partial charge in [0.05, 0.1) is 5.75 Å². The van der Waals surface area contributed by atoms with Crippen molar-refractivity contribution in [2.45, 2.75) is 32.4 Å². The molecule has 1 aromatic heterocycles. The molecule has 0 saturated carbocycles. The molecule has 15 heavy (non-hydrogen) atoms. The van der Waals surface area contributed by atoms with Gasteiger partial charge in [-0.2, -0.15) is 11.8 Å². The molecule has 0 atom stereocenters. The number of carboxylic acid groups (broad SMARTS) is 1. The highest BCUT2D eigenvalue weighted by Crippen LogP contribution is 2.20. The molecular formula is C11H16O3S. The normalized spacial score (nSPS) is 10.5. The van der Waals surface area contributed by atoms with Gasteiger partial charge in [-0.05, 0) is 25.2 Å². The van der Waals surface area contributed by atoms with Gasteiger partial charge in [0.15, 0.2) is 0 Å². The minimum atomic E-state index is -0.989. The number of rotatable bonds is 6. The van der Waals surface area contributed by atoms with E-state index in [1.807, 2.05) is 6.07 Å². The minimum Gasteiger partial charge on any atom is -0.475 e. The van der Waals surface area contributed by atoms with Gasteiger partial charge in [-0.1, -0.05) is 13.3 Å². The lowest BCUT2D eigenvalue weighted by Gasteiger charge is -1.96. The highest BCUT2D eigenvalue weighted by atomic mass is 32.2. The molecule has 0 aliphatic carbocycles. The van der Waals surface area contributed by atoms with E-state index in [0.717, 1.165) is 17.3 Å². The third-order valence-corrected chi connectivity index (χ3v) is 3.12. The number of hydrogen-bond acceptors (Lipinski definition) is 3. The van der Waals surface area contributed by atoms with Crippen molar-refractivity contribution in [3.8, 4) is 0 Å². The number of aromatic carboxylic acids is 1. The van der Waals surface area contributed by atoms with Crippen LogP contribution in [-0.4, -0.2) is 16.8 Å². The molecule has 0 fully saturated rings. The summed E-state index contributed by atoms with van der Waals surface area (Å²) in [5.74, 6) is 1.69. The van der Waals surface area contributed by atoms with Crippen molar-refractivity contribution in [1.29, 1.82) is 0 Å². The second-order valence-electron chi connectivity index (χ2n) is 3.44. The van der Waals surface area contributed by atoms with Gasteiger partial charge in [-0.3, -0.25) is 0 Å². The number of carboxylic acids is 1. The molecule has 1 rings (SSSR count). The lowest BCUT2D eigenvalue weighted by atomic mass is 10.3. The third-order valence-electron chi connectivity index (χ3n) is 2.05. The molecule has 84 valence electrons. The topological polar surface area (TPSA) is 50.4 Å². The van der Waals surface area contributed by atoms with E-state index < -0.39 is 5.97 Å². The monoisotopic (exact) mass is 228 g/mol. The lowest BCUT2D eigenvalue weighted by Crippen LogP contribution is -1.94. The largest absolute Gasteiger partial charge is 0.475 e. The number of aryl methyl sites for hydroxylation is 1. The first-order valence-corrected chi connectivity index (χ1v) is 6.21. The van der Waals surface area contributed by atoms with Gasteiger partial charge < -0.3 is 9.52 Å². The molecule has 1 heterocycles. The summed E-state index contributed by atoms with van der Waals surface area (Å²) < 4.78 is 5.24. The zero-order valence-corrected chi connectivity index (χ0v) is 9.89. The molecule has 0 aliphatic heterocycles. The van der Waals surface area contributed by atoms with Crippen molar-refractivity contribution in [3.63, 3.8) is 0 Å². The Morgan fingerprint density at radius 1 is 1.60 bits per heavy atom. The maximum Gasteiger partial charge on any atom is 0.372 e. The van der Waals surface area contributed by atoms with Crippen molar-refractivity contribution in [2.24, 2.45) is 0 Å². The molecule has 0 spiro atoms. The summed E-state index contributed by atoms with van der Waals surface area (Å²) in [7, 11) is 0. The van der Waals surface area contributed by atoms with Gasteiger partial charge in [0.25, 0.3) is 0 Å². The van der Waals surface area contributed by atoms with Crippen LogP contribution in [0, 0.1) is 6.92 Å². The average molecular weight is 228 g/mol. The Hall–Kier alpha value is -0.900. The predicted octanol–water partition coefficient (Wildman–Crippen LogP) is 3.32. The molecule has 0 unspecified atom stereocenters. The second kappa shape index (κ2) is 5.85. The van der Waals surface area contributed by atoms with Crippen LogP contribution in [0.4, 0.5) is 0 Å². The van der Waals surface area contributed by atoms with Crippen LogP contribution in [0.3, 0.4) is 0 Å². The Kier molecular flexibility index (Phi) is 4.75. The van der Waals surface area contributed by atoms with Gasteiger partial charge in [0.2, 0.25) is 5.76 Å². The molecule has 0 saturated heterocycles. The molecule has 0 radical (unpaired) electrons. The molecule has 0 bridgehead atoms. The number of carbonyl (C=O) groups is 1. The van der Waals surface area contributed by atoms with Gasteiger partial charge in [-0.15, -0.1) is 0 Å². The van der Waals surface area contributed by atoms with Crippen LogP contribution in [0.25, 0.3) is 0 Å². The number of thioether (sulfide) groups is 1. The van der Waals surface area contributed by atoms with Crippen molar-refractivity contribution in [3.05, 3.63) is 23.2 Å². The van der Waals surface area contributed by atoms with Gasteiger partial charge in [-0.25, -0.2) is 4.79 Å². The van der Waals surface area contributed by atoms with E-state index in [-0.39, 0.29) is 5.76 Å². The summed E-state index contributed by atoms with van der Waals surface area (Å²) in [4.78, 5) is 10.7. The van der Waals surface area contributed by atoms with Crippen molar-refractivity contribution in [1.82, 2.24) is 0 Å². The van der Waals surface area contributed by atoms with Crippen LogP contribution in [-0.2, 0) is 5.75 Å². The Morgan fingerprint density at radius 2 is 2.33 bits per heavy atom. The van der Waals surface area contributed by atoms with E-state index in [2.05, 4.69) is 6.92 Å². The summed E-state index contributed by atoms with van der Waals surface area (Å²) in [6, 6.07) is 1.81. The molecular weight excluding hydrogens is 212 g/mol. The van der Waals surface area contributed by atoms with Crippen molar-refractivity contribution >= 4 is 17.7 Å². The smallest absolute Gasteiger partial charge is 0.372 e. The summed E-state index contributed by atoms with van der Waals surface area (Å²) in [5, 5.41) is 8.79. The van der Waals surface area contributed by atoms with E-state index in [4.69, 9.17) is 9.52 Å². The van der Waals surface area contributed by atoms with E-state index in [0.29, 0.717) is 5.56 Å². The number of hydrogen-bond donors (Lipinski definition) is 1. The molecule has 0 aromatic carbocycles. The van der Waals surface area contributed by atoms with E-state index in [1.54, 1.807) is 18.7 Å². The zero-order chi connectivity index (χ0) is 11.3. The average Bonchev–Trinajstić information content (AvgIpc) is 2.55.